The molecule has 0 aromatic heterocycles. The van der Waals surface area contributed by atoms with Gasteiger partial charge in [-0.2, -0.15) is 0 Å². The molecule has 3 nitrogen and oxygen atoms in total. The molecule has 0 radical (unpaired) electrons. The highest BCUT2D eigenvalue weighted by atomic mass is 79.9. The standard InChI is InChI=1S/C15H17BrN2O/c1-18(14-5-3-4-6-15(14)19-2)10-11-7-8-12(16)13(17)9-11/h3-9H,10,17H2,1-2H3. The molecular formula is C15H17BrN2O. The second kappa shape index (κ2) is 5.97. The quantitative estimate of drug-likeness (QED) is 0.873. The third-order valence-corrected chi connectivity index (χ3v) is 3.70. The zero-order chi connectivity index (χ0) is 13.8. The number of para-hydroxylation sites is 2. The Balaban J connectivity index is 2.20. The zero-order valence-electron chi connectivity index (χ0n) is 11.1. The van der Waals surface area contributed by atoms with Gasteiger partial charge in [0.2, 0.25) is 0 Å². The van der Waals surface area contributed by atoms with Crippen LogP contribution in [0.15, 0.2) is 46.9 Å². The van der Waals surface area contributed by atoms with E-state index >= 15 is 0 Å². The van der Waals surface area contributed by atoms with Gasteiger partial charge in [0.05, 0.1) is 12.8 Å². The fourth-order valence-corrected chi connectivity index (χ4v) is 2.24. The van der Waals surface area contributed by atoms with E-state index in [1.54, 1.807) is 7.11 Å². The van der Waals surface area contributed by atoms with E-state index in [0.717, 1.165) is 33.7 Å². The fourth-order valence-electron chi connectivity index (χ4n) is 2.00. The second-order valence-electron chi connectivity index (χ2n) is 4.38. The van der Waals surface area contributed by atoms with Crippen LogP contribution in [0.4, 0.5) is 11.4 Å². The molecule has 2 aromatic rings. The summed E-state index contributed by atoms with van der Waals surface area (Å²) < 4.78 is 6.30. The molecule has 100 valence electrons. The Morgan fingerprint density at radius 3 is 2.63 bits per heavy atom. The normalized spacial score (nSPS) is 10.3. The first-order valence-corrected chi connectivity index (χ1v) is 6.79. The molecule has 0 amide bonds. The zero-order valence-corrected chi connectivity index (χ0v) is 12.6. The summed E-state index contributed by atoms with van der Waals surface area (Å²) >= 11 is 3.40. The highest BCUT2D eigenvalue weighted by molar-refractivity contribution is 9.10. The van der Waals surface area contributed by atoms with E-state index in [2.05, 4.69) is 26.9 Å². The summed E-state index contributed by atoms with van der Waals surface area (Å²) in [5.74, 6) is 0.870. The molecule has 0 atom stereocenters. The predicted molar refractivity (Wildman–Crippen MR) is 83.7 cm³/mol. The molecule has 4 heteroatoms. The monoisotopic (exact) mass is 320 g/mol. The molecule has 0 spiro atoms. The van der Waals surface area contributed by atoms with Gasteiger partial charge in [0, 0.05) is 23.8 Å². The van der Waals surface area contributed by atoms with E-state index in [9.17, 15) is 0 Å². The number of nitrogen functional groups attached to an aromatic ring is 1. The van der Waals surface area contributed by atoms with Crippen molar-refractivity contribution in [3.05, 3.63) is 52.5 Å². The van der Waals surface area contributed by atoms with Crippen LogP contribution in [-0.2, 0) is 6.54 Å². The van der Waals surface area contributed by atoms with E-state index in [4.69, 9.17) is 10.5 Å². The molecule has 0 saturated carbocycles. The van der Waals surface area contributed by atoms with Crippen molar-refractivity contribution < 1.29 is 4.74 Å². The molecule has 0 aliphatic carbocycles. The number of rotatable bonds is 4. The lowest BCUT2D eigenvalue weighted by atomic mass is 10.2. The third-order valence-electron chi connectivity index (χ3n) is 2.98. The molecular weight excluding hydrogens is 304 g/mol. The summed E-state index contributed by atoms with van der Waals surface area (Å²) in [6.07, 6.45) is 0. The first-order valence-electron chi connectivity index (χ1n) is 6.00. The van der Waals surface area contributed by atoms with E-state index in [0.29, 0.717) is 0 Å². The van der Waals surface area contributed by atoms with Gasteiger partial charge in [-0.3, -0.25) is 0 Å². The van der Waals surface area contributed by atoms with Crippen molar-refractivity contribution in [2.45, 2.75) is 6.54 Å². The van der Waals surface area contributed by atoms with E-state index in [-0.39, 0.29) is 0 Å². The van der Waals surface area contributed by atoms with Crippen LogP contribution < -0.4 is 15.4 Å². The number of hydrogen-bond acceptors (Lipinski definition) is 3. The van der Waals surface area contributed by atoms with Crippen molar-refractivity contribution in [2.75, 3.05) is 24.8 Å². The van der Waals surface area contributed by atoms with Gasteiger partial charge < -0.3 is 15.4 Å². The van der Waals surface area contributed by atoms with Crippen molar-refractivity contribution in [1.82, 2.24) is 0 Å². The Bertz CT molecular complexity index is 572. The summed E-state index contributed by atoms with van der Waals surface area (Å²) in [5, 5.41) is 0. The average Bonchev–Trinajstić information content (AvgIpc) is 2.43. The third kappa shape index (κ3) is 3.20. The number of nitrogens with zero attached hydrogens (tertiary/aromatic N) is 1. The highest BCUT2D eigenvalue weighted by Gasteiger charge is 2.08. The minimum absolute atomic E-state index is 0.755. The second-order valence-corrected chi connectivity index (χ2v) is 5.24. The Hall–Kier alpha value is -1.68. The van der Waals surface area contributed by atoms with Gasteiger partial charge in [-0.1, -0.05) is 18.2 Å². The minimum atomic E-state index is 0.755. The lowest BCUT2D eigenvalue weighted by Gasteiger charge is -2.22. The summed E-state index contributed by atoms with van der Waals surface area (Å²) in [6, 6.07) is 14.0. The minimum Gasteiger partial charge on any atom is -0.495 e. The number of benzene rings is 2. The topological polar surface area (TPSA) is 38.5 Å². The maximum atomic E-state index is 5.90. The molecule has 2 N–H and O–H groups in total. The summed E-state index contributed by atoms with van der Waals surface area (Å²) in [4.78, 5) is 2.14. The summed E-state index contributed by atoms with van der Waals surface area (Å²) in [7, 11) is 3.72. The van der Waals surface area contributed by atoms with Gasteiger partial charge in [-0.05, 0) is 45.8 Å². The van der Waals surface area contributed by atoms with Crippen molar-refractivity contribution in [2.24, 2.45) is 0 Å². The summed E-state index contributed by atoms with van der Waals surface area (Å²) in [6.45, 7) is 0.776. The first kappa shape index (κ1) is 13.7. The Kier molecular flexibility index (Phi) is 4.32. The fraction of sp³-hybridized carbons (Fsp3) is 0.200. The number of methoxy groups -OCH3 is 1. The van der Waals surface area contributed by atoms with E-state index < -0.39 is 0 Å². The molecule has 0 unspecified atom stereocenters. The van der Waals surface area contributed by atoms with Crippen LogP contribution in [0.1, 0.15) is 5.56 Å². The van der Waals surface area contributed by atoms with Gasteiger partial charge in [-0.25, -0.2) is 0 Å². The van der Waals surface area contributed by atoms with E-state index in [1.165, 1.54) is 0 Å². The van der Waals surface area contributed by atoms with Crippen molar-refractivity contribution >= 4 is 27.3 Å². The lowest BCUT2D eigenvalue weighted by Crippen LogP contribution is -2.17. The van der Waals surface area contributed by atoms with Crippen LogP contribution >= 0.6 is 15.9 Å². The maximum absolute atomic E-state index is 5.90. The van der Waals surface area contributed by atoms with Crippen molar-refractivity contribution in [1.29, 1.82) is 0 Å². The van der Waals surface area contributed by atoms with Crippen LogP contribution in [0.3, 0.4) is 0 Å². The number of anilines is 2. The van der Waals surface area contributed by atoms with Gasteiger partial charge in [0.15, 0.2) is 0 Å². The Morgan fingerprint density at radius 1 is 1.21 bits per heavy atom. The molecule has 2 aromatic carbocycles. The van der Waals surface area contributed by atoms with E-state index in [1.807, 2.05) is 43.4 Å². The van der Waals surface area contributed by atoms with Crippen LogP contribution in [0.2, 0.25) is 0 Å². The van der Waals surface area contributed by atoms with Crippen LogP contribution in [0, 0.1) is 0 Å². The molecule has 0 fully saturated rings. The number of halogens is 1. The molecule has 0 saturated heterocycles. The van der Waals surface area contributed by atoms with Gasteiger partial charge in [-0.15, -0.1) is 0 Å². The molecule has 0 aliphatic heterocycles. The summed E-state index contributed by atoms with van der Waals surface area (Å²) in [5.41, 5.74) is 8.88. The van der Waals surface area contributed by atoms with Crippen LogP contribution in [-0.4, -0.2) is 14.2 Å². The molecule has 0 aliphatic rings. The van der Waals surface area contributed by atoms with Gasteiger partial charge in [0.1, 0.15) is 5.75 Å². The van der Waals surface area contributed by atoms with Gasteiger partial charge in [0.25, 0.3) is 0 Å². The first-order chi connectivity index (χ1) is 9.11. The molecule has 0 bridgehead atoms. The SMILES string of the molecule is COc1ccccc1N(C)Cc1ccc(Br)c(N)c1. The van der Waals surface area contributed by atoms with Crippen molar-refractivity contribution in [3.8, 4) is 5.75 Å². The molecule has 19 heavy (non-hydrogen) atoms. The van der Waals surface area contributed by atoms with Gasteiger partial charge >= 0.3 is 0 Å². The Labute approximate surface area is 122 Å². The highest BCUT2D eigenvalue weighted by Crippen LogP contribution is 2.28. The number of nitrogens with two attached hydrogens (primary N) is 1. The lowest BCUT2D eigenvalue weighted by molar-refractivity contribution is 0.415. The smallest absolute Gasteiger partial charge is 0.142 e. The predicted octanol–water partition coefficient (Wildman–Crippen LogP) is 3.68. The molecule has 2 rings (SSSR count). The molecule has 0 heterocycles. The number of ether oxygens (including phenoxy) is 1. The largest absolute Gasteiger partial charge is 0.495 e. The number of hydrogen-bond donors (Lipinski definition) is 1. The van der Waals surface area contributed by atoms with Crippen LogP contribution in [0.5, 0.6) is 5.75 Å². The van der Waals surface area contributed by atoms with Crippen molar-refractivity contribution in [3.63, 3.8) is 0 Å². The Morgan fingerprint density at radius 2 is 1.95 bits per heavy atom. The average molecular weight is 321 g/mol. The van der Waals surface area contributed by atoms with Crippen LogP contribution in [0.25, 0.3) is 0 Å². The maximum Gasteiger partial charge on any atom is 0.142 e.